The van der Waals surface area contributed by atoms with Gasteiger partial charge in [0.15, 0.2) is 0 Å². The summed E-state index contributed by atoms with van der Waals surface area (Å²) < 4.78 is 81.7. The molecular weight excluding hydrogens is 528 g/mol. The predicted molar refractivity (Wildman–Crippen MR) is 125 cm³/mol. The van der Waals surface area contributed by atoms with Crippen LogP contribution in [0, 0.1) is 0 Å². The number of rotatable bonds is 8. The first-order chi connectivity index (χ1) is 16.2. The van der Waals surface area contributed by atoms with Crippen LogP contribution in [0.2, 0.25) is 0 Å². The first kappa shape index (κ1) is 28.3. The highest BCUT2D eigenvalue weighted by Gasteiger charge is 2.22. The van der Waals surface area contributed by atoms with Gasteiger partial charge in [-0.15, -0.1) is 12.6 Å². The molecule has 3 rings (SSSR count). The van der Waals surface area contributed by atoms with Crippen LogP contribution in [-0.4, -0.2) is 104 Å². The molecule has 0 spiro atoms. The van der Waals surface area contributed by atoms with E-state index in [0.29, 0.717) is 45.0 Å². The first-order valence-corrected chi connectivity index (χ1v) is 14.1. The van der Waals surface area contributed by atoms with Gasteiger partial charge in [0, 0.05) is 45.0 Å². The lowest BCUT2D eigenvalue weighted by Crippen LogP contribution is -2.49. The van der Waals surface area contributed by atoms with Crippen molar-refractivity contribution >= 4 is 54.3 Å². The molecule has 1 aliphatic heterocycles. The minimum absolute atomic E-state index is 0.0345. The Labute approximate surface area is 203 Å². The zero-order valence-electron chi connectivity index (χ0n) is 18.4. The quantitative estimate of drug-likeness (QED) is 0.271. The molecule has 0 unspecified atom stereocenters. The number of sulfonamides is 1. The van der Waals surface area contributed by atoms with Crippen LogP contribution in [-0.2, 0) is 30.8 Å². The summed E-state index contributed by atoms with van der Waals surface area (Å²) in [6.07, 6.45) is 1.21. The van der Waals surface area contributed by atoms with Crippen molar-refractivity contribution in [2.75, 3.05) is 61.9 Å². The van der Waals surface area contributed by atoms with Crippen LogP contribution in [0.1, 0.15) is 0 Å². The molecule has 1 aromatic heterocycles. The van der Waals surface area contributed by atoms with E-state index in [9.17, 15) is 16.8 Å². The molecule has 0 bridgehead atoms. The van der Waals surface area contributed by atoms with Gasteiger partial charge in [-0.05, 0) is 18.2 Å². The van der Waals surface area contributed by atoms with E-state index in [1.165, 1.54) is 28.8 Å². The number of aromatic nitrogens is 3. The smallest absolute Gasteiger partial charge is 0.368 e. The summed E-state index contributed by atoms with van der Waals surface area (Å²) in [7, 11) is -10.6. The van der Waals surface area contributed by atoms with Crippen molar-refractivity contribution in [3.05, 3.63) is 24.3 Å². The summed E-state index contributed by atoms with van der Waals surface area (Å²) in [6.45, 7) is 3.32. The molecule has 16 nitrogen and oxygen atoms in total. The lowest BCUT2D eigenvalue weighted by Gasteiger charge is -2.33. The van der Waals surface area contributed by atoms with Gasteiger partial charge < -0.3 is 16.4 Å². The van der Waals surface area contributed by atoms with E-state index >= 15 is 0 Å². The van der Waals surface area contributed by atoms with Crippen LogP contribution >= 0.6 is 0 Å². The minimum Gasteiger partial charge on any atom is -0.368 e. The summed E-state index contributed by atoms with van der Waals surface area (Å²) in [4.78, 5) is 14.1. The van der Waals surface area contributed by atoms with Crippen molar-refractivity contribution in [3.63, 3.8) is 0 Å². The molecule has 19 heteroatoms. The summed E-state index contributed by atoms with van der Waals surface area (Å²) in [6, 6.07) is 5.53. The molecule has 35 heavy (non-hydrogen) atoms. The van der Waals surface area contributed by atoms with Gasteiger partial charge in [0.25, 0.3) is 10.1 Å². The fraction of sp³-hybridized carbons (Fsp3) is 0.438. The lowest BCUT2D eigenvalue weighted by molar-refractivity contribution is 0.194. The molecule has 1 aliphatic rings. The van der Waals surface area contributed by atoms with Gasteiger partial charge in [-0.2, -0.15) is 27.7 Å². The van der Waals surface area contributed by atoms with Crippen LogP contribution in [0.3, 0.4) is 0 Å². The Hall–Kier alpha value is -2.97. The fourth-order valence-corrected chi connectivity index (χ4v) is 4.35. The first-order valence-electron chi connectivity index (χ1n) is 9.78. The Morgan fingerprint density at radius 3 is 2.20 bits per heavy atom. The average Bonchev–Trinajstić information content (AvgIpc) is 2.72. The van der Waals surface area contributed by atoms with Gasteiger partial charge in [-0.1, -0.05) is 6.07 Å². The van der Waals surface area contributed by atoms with Crippen LogP contribution in [0.4, 0.5) is 23.5 Å². The standard InChI is InChI=1S/C16H24N8O5S2.O3S/c1-30(25,26)24-9-7-23(8-10-24)6-5-18-15-20-14(17)21-16(22-15)19-12-3-2-4-13(11-12)31(27,28)29;1-4(2)3/h2-4,11H,5-10H2,1H3,(H,27,28,29)(H4,17,18,19,20,21,22);. The van der Waals surface area contributed by atoms with E-state index in [1.807, 2.05) is 0 Å². The third-order valence-electron chi connectivity index (χ3n) is 4.55. The minimum atomic E-state index is -4.34. The Bertz CT molecular complexity index is 1340. The Balaban J connectivity index is 0.00000100. The molecule has 1 aromatic carbocycles. The Morgan fingerprint density at radius 2 is 1.63 bits per heavy atom. The molecule has 2 aromatic rings. The number of nitrogen functional groups attached to an aromatic ring is 1. The van der Waals surface area contributed by atoms with Crippen molar-refractivity contribution < 1.29 is 34.0 Å². The molecule has 0 saturated carbocycles. The van der Waals surface area contributed by atoms with Crippen LogP contribution in [0.15, 0.2) is 29.2 Å². The van der Waals surface area contributed by atoms with Crippen molar-refractivity contribution in [1.82, 2.24) is 24.2 Å². The summed E-state index contributed by atoms with van der Waals surface area (Å²) >= 11 is 0. The van der Waals surface area contributed by atoms with Crippen LogP contribution < -0.4 is 16.4 Å². The molecule has 0 atom stereocenters. The van der Waals surface area contributed by atoms with E-state index in [0.717, 1.165) is 0 Å². The normalized spacial score (nSPS) is 15.0. The zero-order chi connectivity index (χ0) is 26.2. The number of piperazine rings is 1. The van der Waals surface area contributed by atoms with Gasteiger partial charge in [0.1, 0.15) is 0 Å². The maximum atomic E-state index is 11.6. The molecule has 5 N–H and O–H groups in total. The van der Waals surface area contributed by atoms with E-state index in [1.54, 1.807) is 6.07 Å². The van der Waals surface area contributed by atoms with E-state index in [4.69, 9.17) is 22.9 Å². The van der Waals surface area contributed by atoms with Gasteiger partial charge in [0.2, 0.25) is 27.9 Å². The largest absolute Gasteiger partial charge is 0.425 e. The predicted octanol–water partition coefficient (Wildman–Crippen LogP) is -1.57. The van der Waals surface area contributed by atoms with Gasteiger partial charge in [-0.25, -0.2) is 8.42 Å². The summed E-state index contributed by atoms with van der Waals surface area (Å²) in [5, 5.41) is 5.87. The van der Waals surface area contributed by atoms with E-state index < -0.39 is 30.8 Å². The van der Waals surface area contributed by atoms with Crippen molar-refractivity contribution in [2.24, 2.45) is 0 Å². The molecule has 2 heterocycles. The highest BCUT2D eigenvalue weighted by atomic mass is 32.2. The topological polar surface area (TPSA) is 235 Å². The second-order valence-electron chi connectivity index (χ2n) is 7.10. The molecule has 194 valence electrons. The molecule has 1 saturated heterocycles. The third-order valence-corrected chi connectivity index (χ3v) is 6.70. The van der Waals surface area contributed by atoms with Gasteiger partial charge >= 0.3 is 10.6 Å². The number of hydrogen-bond acceptors (Lipinski definition) is 14. The SMILES string of the molecule is CS(=O)(=O)N1CCN(CCNc2nc(N)nc(Nc3cccc(S(=O)(=O)O)c3)n2)CC1.O=S(=O)=O. The number of nitrogens with two attached hydrogens (primary N) is 1. The van der Waals surface area contributed by atoms with E-state index in [2.05, 4.69) is 30.5 Å². The van der Waals surface area contributed by atoms with Crippen molar-refractivity contribution in [2.45, 2.75) is 4.90 Å². The van der Waals surface area contributed by atoms with E-state index in [-0.39, 0.29) is 22.7 Å². The second kappa shape index (κ2) is 12.1. The summed E-state index contributed by atoms with van der Waals surface area (Å²) in [5.74, 6) is 0.299. The Kier molecular flexibility index (Phi) is 9.80. The fourth-order valence-electron chi connectivity index (χ4n) is 3.00. The zero-order valence-corrected chi connectivity index (χ0v) is 20.8. The molecule has 0 amide bonds. The van der Waals surface area contributed by atoms with Gasteiger partial charge in [0.05, 0.1) is 11.2 Å². The van der Waals surface area contributed by atoms with Crippen molar-refractivity contribution in [1.29, 1.82) is 0 Å². The summed E-state index contributed by atoms with van der Waals surface area (Å²) in [5.41, 5.74) is 6.07. The maximum absolute atomic E-state index is 11.6. The third kappa shape index (κ3) is 10.0. The molecular formula is C16H24N8O8S3. The maximum Gasteiger partial charge on any atom is 0.425 e. The van der Waals surface area contributed by atoms with Crippen LogP contribution in [0.25, 0.3) is 0 Å². The van der Waals surface area contributed by atoms with Crippen molar-refractivity contribution in [3.8, 4) is 0 Å². The monoisotopic (exact) mass is 552 g/mol. The number of nitrogens with one attached hydrogen (secondary N) is 2. The Morgan fingerprint density at radius 1 is 1.03 bits per heavy atom. The second-order valence-corrected chi connectivity index (χ2v) is 10.9. The van der Waals surface area contributed by atoms with Crippen LogP contribution in [0.5, 0.6) is 0 Å². The molecule has 0 aliphatic carbocycles. The number of anilines is 4. The van der Waals surface area contributed by atoms with Gasteiger partial charge in [-0.3, -0.25) is 9.45 Å². The highest BCUT2D eigenvalue weighted by Crippen LogP contribution is 2.19. The molecule has 1 fully saturated rings. The number of benzene rings is 1. The average molecular weight is 553 g/mol. The molecule has 0 radical (unpaired) electrons. The number of nitrogens with zero attached hydrogens (tertiary/aromatic N) is 5. The highest BCUT2D eigenvalue weighted by molar-refractivity contribution is 7.88. The lowest BCUT2D eigenvalue weighted by atomic mass is 10.3. The number of hydrogen-bond donors (Lipinski definition) is 4.